The standard InChI is InChI=1S/C14H17N3O3/c1-20-12-4-2-3-10-13(14(18)19)16-11(17(10)12)7-9-5-6-15-8-9/h2-4,9,15H,5-8H2,1H3,(H,18,19). The van der Waals surface area contributed by atoms with Crippen LogP contribution in [0, 0.1) is 5.92 Å². The molecule has 3 heterocycles. The van der Waals surface area contributed by atoms with Crippen molar-refractivity contribution in [3.8, 4) is 5.88 Å². The van der Waals surface area contributed by atoms with Crippen molar-refractivity contribution in [1.29, 1.82) is 0 Å². The highest BCUT2D eigenvalue weighted by Gasteiger charge is 2.22. The molecule has 106 valence electrons. The second-order valence-corrected chi connectivity index (χ2v) is 5.03. The Morgan fingerprint density at radius 2 is 2.45 bits per heavy atom. The van der Waals surface area contributed by atoms with E-state index in [2.05, 4.69) is 10.3 Å². The number of carbonyl (C=O) groups is 1. The summed E-state index contributed by atoms with van der Waals surface area (Å²) < 4.78 is 7.15. The number of aromatic carboxylic acids is 1. The average molecular weight is 275 g/mol. The lowest BCUT2D eigenvalue weighted by Crippen LogP contribution is -2.12. The van der Waals surface area contributed by atoms with Crippen molar-refractivity contribution in [1.82, 2.24) is 14.7 Å². The number of rotatable bonds is 4. The number of nitrogens with zero attached hydrogens (tertiary/aromatic N) is 2. The number of hydrogen-bond acceptors (Lipinski definition) is 4. The molecule has 3 rings (SSSR count). The van der Waals surface area contributed by atoms with Crippen LogP contribution in [0.1, 0.15) is 22.7 Å². The summed E-state index contributed by atoms with van der Waals surface area (Å²) in [6, 6.07) is 5.36. The lowest BCUT2D eigenvalue weighted by molar-refractivity contribution is 0.0693. The molecule has 0 radical (unpaired) electrons. The molecule has 1 aliphatic rings. The molecule has 0 amide bonds. The van der Waals surface area contributed by atoms with Crippen LogP contribution in [-0.4, -0.2) is 40.7 Å². The summed E-state index contributed by atoms with van der Waals surface area (Å²) in [5, 5.41) is 12.6. The Kier molecular flexibility index (Phi) is 3.31. The quantitative estimate of drug-likeness (QED) is 0.876. The molecule has 2 aromatic rings. The van der Waals surface area contributed by atoms with Gasteiger partial charge < -0.3 is 15.2 Å². The van der Waals surface area contributed by atoms with E-state index >= 15 is 0 Å². The van der Waals surface area contributed by atoms with Gasteiger partial charge in [0, 0.05) is 6.42 Å². The number of hydrogen-bond donors (Lipinski definition) is 2. The van der Waals surface area contributed by atoms with Crippen LogP contribution in [0.15, 0.2) is 18.2 Å². The number of fused-ring (bicyclic) bond motifs is 1. The molecule has 1 fully saturated rings. The molecule has 6 nitrogen and oxygen atoms in total. The Morgan fingerprint density at radius 1 is 1.60 bits per heavy atom. The first-order valence-corrected chi connectivity index (χ1v) is 6.69. The van der Waals surface area contributed by atoms with Crippen molar-refractivity contribution in [2.24, 2.45) is 5.92 Å². The van der Waals surface area contributed by atoms with Gasteiger partial charge in [-0.2, -0.15) is 0 Å². The highest BCUT2D eigenvalue weighted by molar-refractivity contribution is 5.93. The van der Waals surface area contributed by atoms with Gasteiger partial charge in [-0.3, -0.25) is 4.40 Å². The third-order valence-electron chi connectivity index (χ3n) is 3.74. The van der Waals surface area contributed by atoms with E-state index in [1.165, 1.54) is 0 Å². The van der Waals surface area contributed by atoms with Gasteiger partial charge in [-0.25, -0.2) is 9.78 Å². The van der Waals surface area contributed by atoms with Gasteiger partial charge in [0.05, 0.1) is 12.6 Å². The fourth-order valence-corrected chi connectivity index (χ4v) is 2.78. The van der Waals surface area contributed by atoms with Gasteiger partial charge in [0.2, 0.25) is 0 Å². The number of carboxylic acids is 1. The normalized spacial score (nSPS) is 18.6. The zero-order valence-electron chi connectivity index (χ0n) is 11.3. The maximum Gasteiger partial charge on any atom is 0.356 e. The van der Waals surface area contributed by atoms with Crippen molar-refractivity contribution in [2.75, 3.05) is 20.2 Å². The van der Waals surface area contributed by atoms with E-state index in [-0.39, 0.29) is 5.69 Å². The van der Waals surface area contributed by atoms with Crippen LogP contribution in [0.2, 0.25) is 0 Å². The molecule has 0 saturated carbocycles. The lowest BCUT2D eigenvalue weighted by Gasteiger charge is -2.10. The minimum Gasteiger partial charge on any atom is -0.482 e. The number of methoxy groups -OCH3 is 1. The Morgan fingerprint density at radius 3 is 3.10 bits per heavy atom. The van der Waals surface area contributed by atoms with E-state index in [0.717, 1.165) is 31.8 Å². The van der Waals surface area contributed by atoms with Crippen LogP contribution in [0.3, 0.4) is 0 Å². The van der Waals surface area contributed by atoms with Crippen molar-refractivity contribution in [3.63, 3.8) is 0 Å². The highest BCUT2D eigenvalue weighted by Crippen LogP contribution is 2.24. The lowest BCUT2D eigenvalue weighted by atomic mass is 10.0. The Bertz CT molecular complexity index is 644. The van der Waals surface area contributed by atoms with Crippen LogP contribution in [0.5, 0.6) is 5.88 Å². The fraction of sp³-hybridized carbons (Fsp3) is 0.429. The summed E-state index contributed by atoms with van der Waals surface area (Å²) in [5.74, 6) is 0.853. The predicted molar refractivity (Wildman–Crippen MR) is 73.4 cm³/mol. The van der Waals surface area contributed by atoms with Gasteiger partial charge in [-0.1, -0.05) is 6.07 Å². The number of pyridine rings is 1. The maximum atomic E-state index is 11.3. The Balaban J connectivity index is 2.11. The summed E-state index contributed by atoms with van der Waals surface area (Å²) in [6.45, 7) is 1.96. The molecule has 1 unspecified atom stereocenters. The molecule has 2 N–H and O–H groups in total. The van der Waals surface area contributed by atoms with Crippen LogP contribution < -0.4 is 10.1 Å². The van der Waals surface area contributed by atoms with Gasteiger partial charge >= 0.3 is 5.97 Å². The van der Waals surface area contributed by atoms with Gasteiger partial charge in [-0.15, -0.1) is 0 Å². The predicted octanol–water partition coefficient (Wildman–Crippen LogP) is 1.19. The molecular formula is C14H17N3O3. The molecule has 1 atom stereocenters. The van der Waals surface area contributed by atoms with Crippen molar-refractivity contribution >= 4 is 11.5 Å². The van der Waals surface area contributed by atoms with Crippen molar-refractivity contribution in [2.45, 2.75) is 12.8 Å². The van der Waals surface area contributed by atoms with E-state index < -0.39 is 5.97 Å². The van der Waals surface area contributed by atoms with E-state index in [1.54, 1.807) is 19.2 Å². The van der Waals surface area contributed by atoms with Crippen LogP contribution in [0.4, 0.5) is 0 Å². The second kappa shape index (κ2) is 5.13. The molecule has 0 spiro atoms. The third-order valence-corrected chi connectivity index (χ3v) is 3.74. The summed E-state index contributed by atoms with van der Waals surface area (Å²) in [7, 11) is 1.58. The third kappa shape index (κ3) is 2.12. The van der Waals surface area contributed by atoms with Crippen LogP contribution in [-0.2, 0) is 6.42 Å². The molecule has 2 aromatic heterocycles. The smallest absolute Gasteiger partial charge is 0.356 e. The minimum absolute atomic E-state index is 0.0878. The zero-order valence-corrected chi connectivity index (χ0v) is 11.3. The number of ether oxygens (including phenoxy) is 1. The van der Waals surface area contributed by atoms with Gasteiger partial charge in [0.15, 0.2) is 11.6 Å². The molecule has 0 aliphatic carbocycles. The molecule has 0 bridgehead atoms. The largest absolute Gasteiger partial charge is 0.482 e. The minimum atomic E-state index is -1.01. The summed E-state index contributed by atoms with van der Waals surface area (Å²) in [5.41, 5.74) is 0.669. The van der Waals surface area contributed by atoms with E-state index in [1.807, 2.05) is 10.5 Å². The Labute approximate surface area is 116 Å². The number of imidazole rings is 1. The molecule has 6 heteroatoms. The first-order valence-electron chi connectivity index (χ1n) is 6.69. The zero-order chi connectivity index (χ0) is 14.1. The van der Waals surface area contributed by atoms with Gasteiger partial charge in [0.25, 0.3) is 0 Å². The average Bonchev–Trinajstić information content (AvgIpc) is 3.07. The van der Waals surface area contributed by atoms with Crippen molar-refractivity contribution in [3.05, 3.63) is 29.7 Å². The molecule has 1 aliphatic heterocycles. The molecular weight excluding hydrogens is 258 g/mol. The van der Waals surface area contributed by atoms with E-state index in [9.17, 15) is 9.90 Å². The summed E-state index contributed by atoms with van der Waals surface area (Å²) >= 11 is 0. The summed E-state index contributed by atoms with van der Waals surface area (Å²) in [4.78, 5) is 15.7. The van der Waals surface area contributed by atoms with Gasteiger partial charge in [-0.05, 0) is 37.6 Å². The number of carboxylic acid groups (broad SMARTS) is 1. The highest BCUT2D eigenvalue weighted by atomic mass is 16.5. The van der Waals surface area contributed by atoms with E-state index in [4.69, 9.17) is 4.74 Å². The Hall–Kier alpha value is -2.08. The van der Waals surface area contributed by atoms with Crippen LogP contribution in [0.25, 0.3) is 5.52 Å². The van der Waals surface area contributed by atoms with Crippen LogP contribution >= 0.6 is 0 Å². The maximum absolute atomic E-state index is 11.3. The first kappa shape index (κ1) is 12.9. The first-order chi connectivity index (χ1) is 9.70. The van der Waals surface area contributed by atoms with Crippen molar-refractivity contribution < 1.29 is 14.6 Å². The molecule has 20 heavy (non-hydrogen) atoms. The second-order valence-electron chi connectivity index (χ2n) is 5.03. The topological polar surface area (TPSA) is 75.9 Å². The number of nitrogens with one attached hydrogen (secondary N) is 1. The molecule has 0 aromatic carbocycles. The number of aromatic nitrogens is 2. The summed E-state index contributed by atoms with van der Waals surface area (Å²) in [6.07, 6.45) is 1.84. The van der Waals surface area contributed by atoms with Gasteiger partial charge in [0.1, 0.15) is 5.82 Å². The molecule has 1 saturated heterocycles. The monoisotopic (exact) mass is 275 g/mol. The van der Waals surface area contributed by atoms with E-state index in [0.29, 0.717) is 17.3 Å². The SMILES string of the molecule is COc1cccc2c(C(=O)O)nc(CC3CCNC3)n12. The fourth-order valence-electron chi connectivity index (χ4n) is 2.78.